The van der Waals surface area contributed by atoms with E-state index in [0.29, 0.717) is 5.56 Å². The van der Waals surface area contributed by atoms with Gasteiger partial charge in [0.2, 0.25) is 0 Å². The van der Waals surface area contributed by atoms with Crippen LogP contribution in [-0.4, -0.2) is 11.4 Å². The minimum atomic E-state index is -0.692. The molecule has 0 radical (unpaired) electrons. The molecule has 0 saturated heterocycles. The van der Waals surface area contributed by atoms with E-state index in [1.165, 1.54) is 0 Å². The number of nitrogens with one attached hydrogen (secondary N) is 1. The maximum atomic E-state index is 12.5. The first kappa shape index (κ1) is 15.1. The van der Waals surface area contributed by atoms with Crippen LogP contribution in [0.1, 0.15) is 54.4 Å². The molecule has 20 heavy (non-hydrogen) atoms. The van der Waals surface area contributed by atoms with Gasteiger partial charge in [-0.25, -0.2) is 0 Å². The number of carbonyl (C=O) groups is 1. The summed E-state index contributed by atoms with van der Waals surface area (Å²) in [6.45, 7) is 1.91. The molecule has 0 atom stereocenters. The van der Waals surface area contributed by atoms with Crippen LogP contribution in [0.15, 0.2) is 22.7 Å². The van der Waals surface area contributed by atoms with Crippen molar-refractivity contribution in [1.29, 1.82) is 5.26 Å². The molecule has 0 heterocycles. The lowest BCUT2D eigenvalue weighted by molar-refractivity contribution is 0.0912. The highest BCUT2D eigenvalue weighted by atomic mass is 79.9. The fraction of sp³-hybridized carbons (Fsp3) is 0.500. The average Bonchev–Trinajstić information content (AvgIpc) is 2.68. The third-order valence-corrected chi connectivity index (χ3v) is 4.90. The lowest BCUT2D eigenvalue weighted by atomic mass is 9.91. The quantitative estimate of drug-likeness (QED) is 0.827. The Balaban J connectivity index is 2.21. The Labute approximate surface area is 128 Å². The number of amides is 1. The van der Waals surface area contributed by atoms with E-state index in [0.717, 1.165) is 48.6 Å². The van der Waals surface area contributed by atoms with Gasteiger partial charge in [-0.05, 0) is 37.5 Å². The van der Waals surface area contributed by atoms with Crippen LogP contribution in [0.4, 0.5) is 0 Å². The van der Waals surface area contributed by atoms with Gasteiger partial charge in [-0.2, -0.15) is 5.26 Å². The number of benzene rings is 1. The monoisotopic (exact) mass is 334 g/mol. The van der Waals surface area contributed by atoms with Gasteiger partial charge in [-0.15, -0.1) is 0 Å². The Bertz CT molecular complexity index is 540. The Kier molecular flexibility index (Phi) is 4.82. The number of hydrogen-bond acceptors (Lipinski definition) is 2. The van der Waals surface area contributed by atoms with Gasteiger partial charge in [0, 0.05) is 10.0 Å². The zero-order valence-corrected chi connectivity index (χ0v) is 13.3. The minimum absolute atomic E-state index is 0.146. The van der Waals surface area contributed by atoms with Crippen molar-refractivity contribution in [3.05, 3.63) is 33.8 Å². The van der Waals surface area contributed by atoms with Crippen LogP contribution in [0, 0.1) is 18.3 Å². The summed E-state index contributed by atoms with van der Waals surface area (Å²) in [6, 6.07) is 7.91. The molecule has 0 spiro atoms. The number of carbonyl (C=O) groups excluding carboxylic acids is 1. The van der Waals surface area contributed by atoms with E-state index in [1.807, 2.05) is 19.1 Å². The van der Waals surface area contributed by atoms with Gasteiger partial charge in [0.05, 0.1) is 6.07 Å². The van der Waals surface area contributed by atoms with Crippen LogP contribution in [0.2, 0.25) is 0 Å². The summed E-state index contributed by atoms with van der Waals surface area (Å²) >= 11 is 3.44. The predicted octanol–water partition coefficient (Wildman–Crippen LogP) is 4.10. The highest BCUT2D eigenvalue weighted by Gasteiger charge is 2.33. The molecule has 1 aromatic rings. The zero-order valence-electron chi connectivity index (χ0n) is 11.7. The molecule has 1 amide bonds. The summed E-state index contributed by atoms with van der Waals surface area (Å²) in [5.74, 6) is -0.146. The van der Waals surface area contributed by atoms with E-state index >= 15 is 0 Å². The summed E-state index contributed by atoms with van der Waals surface area (Å²) in [7, 11) is 0. The first-order valence-electron chi connectivity index (χ1n) is 7.07. The van der Waals surface area contributed by atoms with E-state index in [-0.39, 0.29) is 5.91 Å². The van der Waals surface area contributed by atoms with Gasteiger partial charge in [-0.3, -0.25) is 4.79 Å². The molecule has 1 N–H and O–H groups in total. The second kappa shape index (κ2) is 6.41. The largest absolute Gasteiger partial charge is 0.334 e. The van der Waals surface area contributed by atoms with Crippen molar-refractivity contribution >= 4 is 21.8 Å². The molecule has 4 heteroatoms. The number of nitrogens with zero attached hydrogens (tertiary/aromatic N) is 1. The average molecular weight is 335 g/mol. The predicted molar refractivity (Wildman–Crippen MR) is 82.4 cm³/mol. The number of halogens is 1. The lowest BCUT2D eigenvalue weighted by Crippen LogP contribution is -2.47. The van der Waals surface area contributed by atoms with Crippen molar-refractivity contribution in [1.82, 2.24) is 5.32 Å². The van der Waals surface area contributed by atoms with Gasteiger partial charge in [0.1, 0.15) is 5.54 Å². The van der Waals surface area contributed by atoms with Crippen molar-refractivity contribution in [2.75, 3.05) is 0 Å². The smallest absolute Gasteiger partial charge is 0.252 e. The van der Waals surface area contributed by atoms with Crippen molar-refractivity contribution < 1.29 is 4.79 Å². The molecule has 1 fully saturated rings. The maximum Gasteiger partial charge on any atom is 0.252 e. The van der Waals surface area contributed by atoms with Crippen LogP contribution in [0.25, 0.3) is 0 Å². The fourth-order valence-electron chi connectivity index (χ4n) is 2.73. The van der Waals surface area contributed by atoms with Gasteiger partial charge in [0.25, 0.3) is 5.91 Å². The van der Waals surface area contributed by atoms with E-state index in [2.05, 4.69) is 27.3 Å². The number of hydrogen-bond donors (Lipinski definition) is 1. The lowest BCUT2D eigenvalue weighted by Gasteiger charge is -2.26. The van der Waals surface area contributed by atoms with Gasteiger partial charge < -0.3 is 5.32 Å². The van der Waals surface area contributed by atoms with Crippen molar-refractivity contribution in [3.63, 3.8) is 0 Å². The zero-order chi connectivity index (χ0) is 14.6. The SMILES string of the molecule is Cc1c(Br)cccc1C(=O)NC1(C#N)CCCCCC1. The Morgan fingerprint density at radius 1 is 1.30 bits per heavy atom. The molecule has 0 aliphatic heterocycles. The summed E-state index contributed by atoms with van der Waals surface area (Å²) in [6.07, 6.45) is 5.81. The number of nitriles is 1. The molecule has 2 rings (SSSR count). The molecule has 106 valence electrons. The summed E-state index contributed by atoms with van der Waals surface area (Å²) in [4.78, 5) is 12.5. The van der Waals surface area contributed by atoms with Crippen molar-refractivity contribution in [2.24, 2.45) is 0 Å². The second-order valence-corrected chi connectivity index (χ2v) is 6.33. The fourth-order valence-corrected chi connectivity index (χ4v) is 3.10. The molecule has 1 saturated carbocycles. The Morgan fingerprint density at radius 2 is 1.95 bits per heavy atom. The summed E-state index contributed by atoms with van der Waals surface area (Å²) < 4.78 is 0.914. The highest BCUT2D eigenvalue weighted by Crippen LogP contribution is 2.27. The van der Waals surface area contributed by atoms with E-state index in [9.17, 15) is 10.1 Å². The molecule has 0 unspecified atom stereocenters. The van der Waals surface area contributed by atoms with Crippen molar-refractivity contribution in [2.45, 2.75) is 51.0 Å². The summed E-state index contributed by atoms with van der Waals surface area (Å²) in [5, 5.41) is 12.5. The molecule has 0 aromatic heterocycles. The molecular weight excluding hydrogens is 316 g/mol. The minimum Gasteiger partial charge on any atom is -0.334 e. The first-order chi connectivity index (χ1) is 9.58. The first-order valence-corrected chi connectivity index (χ1v) is 7.86. The maximum absolute atomic E-state index is 12.5. The van der Waals surface area contributed by atoms with Gasteiger partial charge >= 0.3 is 0 Å². The third kappa shape index (κ3) is 3.21. The molecule has 1 aliphatic rings. The molecule has 1 aromatic carbocycles. The summed E-state index contributed by atoms with van der Waals surface area (Å²) in [5.41, 5.74) is 0.854. The standard InChI is InChI=1S/C16H19BrN2O/c1-12-13(7-6-8-14(12)17)15(20)19-16(11-18)9-4-2-3-5-10-16/h6-8H,2-5,9-10H2,1H3,(H,19,20). The van der Waals surface area contributed by atoms with E-state index < -0.39 is 5.54 Å². The highest BCUT2D eigenvalue weighted by molar-refractivity contribution is 9.10. The molecule has 1 aliphatic carbocycles. The normalized spacial score (nSPS) is 17.9. The molecular formula is C16H19BrN2O. The Morgan fingerprint density at radius 3 is 2.55 bits per heavy atom. The second-order valence-electron chi connectivity index (χ2n) is 5.47. The van der Waals surface area contributed by atoms with Gasteiger partial charge in [-0.1, -0.05) is 47.7 Å². The number of rotatable bonds is 2. The van der Waals surface area contributed by atoms with Crippen LogP contribution in [0.5, 0.6) is 0 Å². The molecule has 3 nitrogen and oxygen atoms in total. The van der Waals surface area contributed by atoms with Crippen LogP contribution < -0.4 is 5.32 Å². The van der Waals surface area contributed by atoms with Crippen molar-refractivity contribution in [3.8, 4) is 6.07 Å². The van der Waals surface area contributed by atoms with E-state index in [4.69, 9.17) is 0 Å². The van der Waals surface area contributed by atoms with Crippen LogP contribution in [0.3, 0.4) is 0 Å². The van der Waals surface area contributed by atoms with Crippen LogP contribution >= 0.6 is 15.9 Å². The Hall–Kier alpha value is -1.34. The van der Waals surface area contributed by atoms with E-state index in [1.54, 1.807) is 6.07 Å². The van der Waals surface area contributed by atoms with Gasteiger partial charge in [0.15, 0.2) is 0 Å². The third-order valence-electron chi connectivity index (χ3n) is 4.04. The van der Waals surface area contributed by atoms with Crippen LogP contribution in [-0.2, 0) is 0 Å². The topological polar surface area (TPSA) is 52.9 Å². The molecule has 0 bridgehead atoms.